The van der Waals surface area contributed by atoms with E-state index >= 15 is 0 Å². The first-order valence-corrected chi connectivity index (χ1v) is 15.7. The van der Waals surface area contributed by atoms with E-state index in [1.807, 2.05) is 18.2 Å². The van der Waals surface area contributed by atoms with Gasteiger partial charge < -0.3 is 13.6 Å². The number of para-hydroxylation sites is 4. The van der Waals surface area contributed by atoms with Gasteiger partial charge in [-0.05, 0) is 65.7 Å². The summed E-state index contributed by atoms with van der Waals surface area (Å²) in [6, 6.07) is 53.0. The van der Waals surface area contributed by atoms with Crippen molar-refractivity contribution in [1.82, 2.24) is 9.13 Å². The quantitative estimate of drug-likeness (QED) is 0.186. The minimum atomic E-state index is 0.621. The molecule has 0 bridgehead atoms. The van der Waals surface area contributed by atoms with E-state index in [-0.39, 0.29) is 0 Å². The summed E-state index contributed by atoms with van der Waals surface area (Å²) in [7, 11) is 0. The first kappa shape index (κ1) is 25.7. The Labute approximate surface area is 269 Å². The zero-order chi connectivity index (χ0) is 31.1. The van der Waals surface area contributed by atoms with Gasteiger partial charge in [0.15, 0.2) is 0 Å². The fourth-order valence-corrected chi connectivity index (χ4v) is 7.45. The third-order valence-electron chi connectivity index (χ3n) is 9.53. The van der Waals surface area contributed by atoms with Gasteiger partial charge in [0.25, 0.3) is 0 Å². The van der Waals surface area contributed by atoms with Crippen LogP contribution in [0.4, 0.5) is 5.69 Å². The molecule has 218 valence electrons. The Morgan fingerprint density at radius 2 is 1.04 bits per heavy atom. The van der Waals surface area contributed by atoms with Crippen molar-refractivity contribution in [1.29, 1.82) is 0 Å². The van der Waals surface area contributed by atoms with Gasteiger partial charge in [-0.1, -0.05) is 97.1 Å². The Bertz CT molecular complexity index is 2880. The van der Waals surface area contributed by atoms with Gasteiger partial charge in [0.2, 0.25) is 5.69 Å². The fourth-order valence-electron chi connectivity index (χ4n) is 7.45. The maximum Gasteiger partial charge on any atom is 0.210 e. The molecule has 0 amide bonds. The molecule has 10 rings (SSSR count). The van der Waals surface area contributed by atoms with E-state index in [0.29, 0.717) is 5.69 Å². The molecule has 4 nitrogen and oxygen atoms in total. The summed E-state index contributed by atoms with van der Waals surface area (Å²) in [4.78, 5) is 3.96. The molecule has 0 aliphatic heterocycles. The highest BCUT2D eigenvalue weighted by Gasteiger charge is 2.18. The summed E-state index contributed by atoms with van der Waals surface area (Å²) < 4.78 is 10.9. The molecule has 4 heteroatoms. The van der Waals surface area contributed by atoms with Crippen LogP contribution in [0.25, 0.3) is 92.9 Å². The van der Waals surface area contributed by atoms with Crippen LogP contribution in [-0.4, -0.2) is 9.13 Å². The van der Waals surface area contributed by atoms with Gasteiger partial charge >= 0.3 is 0 Å². The zero-order valence-corrected chi connectivity index (χ0v) is 25.2. The summed E-state index contributed by atoms with van der Waals surface area (Å²) >= 11 is 0. The van der Waals surface area contributed by atoms with Gasteiger partial charge in [-0.3, -0.25) is 0 Å². The standard InChI is InChI=1S/C43H25N3O/c1-44-36-22-21-28(24-41(36)46-38-18-7-2-13-30(38)31-14-3-8-19-39(31)46)27-11-10-12-29(23-27)45-37-17-6-4-15-32(37)34-26-43-35(25-40(34)45)33-16-5-9-20-42(33)47-43/h2-26H. The highest BCUT2D eigenvalue weighted by molar-refractivity contribution is 6.17. The van der Waals surface area contributed by atoms with Gasteiger partial charge in [0, 0.05) is 38.0 Å². The Balaban J connectivity index is 1.20. The predicted molar refractivity (Wildman–Crippen MR) is 194 cm³/mol. The van der Waals surface area contributed by atoms with Crippen LogP contribution in [0.3, 0.4) is 0 Å². The summed E-state index contributed by atoms with van der Waals surface area (Å²) in [6.45, 7) is 8.06. The zero-order valence-electron chi connectivity index (χ0n) is 25.2. The molecule has 10 aromatic rings. The normalized spacial score (nSPS) is 11.8. The molecular weight excluding hydrogens is 574 g/mol. The Morgan fingerprint density at radius 1 is 0.426 bits per heavy atom. The number of hydrogen-bond donors (Lipinski definition) is 0. The van der Waals surface area contributed by atoms with Crippen molar-refractivity contribution in [3.8, 4) is 22.5 Å². The average Bonchev–Trinajstić information content (AvgIpc) is 3.78. The molecule has 3 heterocycles. The van der Waals surface area contributed by atoms with Crippen molar-refractivity contribution >= 4 is 71.2 Å². The van der Waals surface area contributed by atoms with Crippen molar-refractivity contribution in [3.05, 3.63) is 163 Å². The molecule has 0 aliphatic carbocycles. The molecule has 0 saturated heterocycles. The van der Waals surface area contributed by atoms with Gasteiger partial charge in [0.05, 0.1) is 34.3 Å². The topological polar surface area (TPSA) is 27.4 Å². The van der Waals surface area contributed by atoms with E-state index in [1.165, 1.54) is 16.2 Å². The van der Waals surface area contributed by atoms with E-state index in [4.69, 9.17) is 11.0 Å². The van der Waals surface area contributed by atoms with Crippen molar-refractivity contribution < 1.29 is 4.42 Å². The lowest BCUT2D eigenvalue weighted by atomic mass is 10.0. The maximum atomic E-state index is 8.06. The van der Waals surface area contributed by atoms with Crippen LogP contribution >= 0.6 is 0 Å². The molecule has 7 aromatic carbocycles. The summed E-state index contributed by atoms with van der Waals surface area (Å²) in [5, 5.41) is 6.93. The number of nitrogens with zero attached hydrogens (tertiary/aromatic N) is 3. The lowest BCUT2D eigenvalue weighted by Gasteiger charge is -2.14. The first-order valence-electron chi connectivity index (χ1n) is 15.7. The van der Waals surface area contributed by atoms with Crippen molar-refractivity contribution in [2.24, 2.45) is 0 Å². The van der Waals surface area contributed by atoms with E-state index in [9.17, 15) is 0 Å². The molecule has 3 aromatic heterocycles. The van der Waals surface area contributed by atoms with E-state index < -0.39 is 0 Å². The third-order valence-corrected chi connectivity index (χ3v) is 9.53. The van der Waals surface area contributed by atoms with Crippen LogP contribution in [0.1, 0.15) is 0 Å². The number of furan rings is 1. The van der Waals surface area contributed by atoms with Crippen molar-refractivity contribution in [3.63, 3.8) is 0 Å². The first-order chi connectivity index (χ1) is 23.3. The predicted octanol–water partition coefficient (Wildman–Crippen LogP) is 12.0. The highest BCUT2D eigenvalue weighted by atomic mass is 16.3. The van der Waals surface area contributed by atoms with E-state index in [1.54, 1.807) is 0 Å². The van der Waals surface area contributed by atoms with Crippen LogP contribution in [0.2, 0.25) is 0 Å². The van der Waals surface area contributed by atoms with Gasteiger partial charge in [0.1, 0.15) is 11.2 Å². The van der Waals surface area contributed by atoms with Crippen molar-refractivity contribution in [2.75, 3.05) is 0 Å². The van der Waals surface area contributed by atoms with Crippen LogP contribution < -0.4 is 0 Å². The Morgan fingerprint density at radius 3 is 1.77 bits per heavy atom. The number of benzene rings is 7. The van der Waals surface area contributed by atoms with Crippen molar-refractivity contribution in [2.45, 2.75) is 0 Å². The van der Waals surface area contributed by atoms with Crippen LogP contribution in [0.5, 0.6) is 0 Å². The monoisotopic (exact) mass is 599 g/mol. The largest absolute Gasteiger partial charge is 0.456 e. The van der Waals surface area contributed by atoms with Crippen LogP contribution in [0.15, 0.2) is 156 Å². The van der Waals surface area contributed by atoms with Gasteiger partial charge in [-0.25, -0.2) is 4.85 Å². The van der Waals surface area contributed by atoms with Gasteiger partial charge in [-0.15, -0.1) is 0 Å². The lowest BCUT2D eigenvalue weighted by molar-refractivity contribution is 0.669. The number of hydrogen-bond acceptors (Lipinski definition) is 1. The molecule has 0 N–H and O–H groups in total. The van der Waals surface area contributed by atoms with E-state index in [2.05, 4.69) is 147 Å². The summed E-state index contributed by atoms with van der Waals surface area (Å²) in [5.74, 6) is 0. The Kier molecular flexibility index (Phi) is 5.32. The van der Waals surface area contributed by atoms with Crippen LogP contribution in [0, 0.1) is 6.57 Å². The molecule has 0 unspecified atom stereocenters. The Hall–Kier alpha value is -6.57. The second-order valence-corrected chi connectivity index (χ2v) is 12.1. The third kappa shape index (κ3) is 3.69. The number of rotatable bonds is 3. The minimum Gasteiger partial charge on any atom is -0.456 e. The average molecular weight is 600 g/mol. The summed E-state index contributed by atoms with van der Waals surface area (Å²) in [5.41, 5.74) is 11.0. The van der Waals surface area contributed by atoms with Crippen LogP contribution in [-0.2, 0) is 0 Å². The second kappa shape index (κ2) is 9.71. The number of fused-ring (bicyclic) bond motifs is 9. The highest BCUT2D eigenvalue weighted by Crippen LogP contribution is 2.40. The maximum absolute atomic E-state index is 8.06. The SMILES string of the molecule is [C-]#[N+]c1ccc(-c2cccc(-n3c4ccccc4c4cc5oc6ccccc6c5cc43)c2)cc1-n1c2ccccc2c2ccccc21. The molecule has 47 heavy (non-hydrogen) atoms. The number of aromatic nitrogens is 2. The molecule has 0 aliphatic rings. The molecular formula is C43H25N3O. The second-order valence-electron chi connectivity index (χ2n) is 12.1. The molecule has 0 saturated carbocycles. The van der Waals surface area contributed by atoms with Gasteiger partial charge in [-0.2, -0.15) is 0 Å². The molecule has 0 radical (unpaired) electrons. The minimum absolute atomic E-state index is 0.621. The molecule has 0 spiro atoms. The molecule has 0 fully saturated rings. The summed E-state index contributed by atoms with van der Waals surface area (Å²) in [6.07, 6.45) is 0. The lowest BCUT2D eigenvalue weighted by Crippen LogP contribution is -1.96. The fraction of sp³-hybridized carbons (Fsp3) is 0. The van der Waals surface area contributed by atoms with E-state index in [0.717, 1.165) is 71.9 Å². The molecule has 0 atom stereocenters. The smallest absolute Gasteiger partial charge is 0.210 e.